The van der Waals surface area contributed by atoms with Crippen molar-refractivity contribution in [3.63, 3.8) is 0 Å². The summed E-state index contributed by atoms with van der Waals surface area (Å²) in [6.07, 6.45) is 1.08. The van der Waals surface area contributed by atoms with Crippen molar-refractivity contribution in [2.75, 3.05) is 4.90 Å². The van der Waals surface area contributed by atoms with E-state index in [4.69, 9.17) is 17.5 Å². The third kappa shape index (κ3) is 3.35. The summed E-state index contributed by atoms with van der Waals surface area (Å²) in [5.41, 5.74) is -2.08. The molecule has 4 rings (SSSR count). The van der Waals surface area contributed by atoms with E-state index < -0.39 is 33.7 Å². The van der Waals surface area contributed by atoms with Crippen molar-refractivity contribution in [1.82, 2.24) is 4.90 Å². The molecule has 11 heteroatoms. The lowest BCUT2D eigenvalue weighted by Gasteiger charge is -2.35. The van der Waals surface area contributed by atoms with Crippen LogP contribution in [0.25, 0.3) is 0 Å². The quantitative estimate of drug-likeness (QED) is 0.369. The maximum Gasteiger partial charge on any atom is 0.417 e. The topological polar surface area (TPSA) is 90.5 Å². The first-order chi connectivity index (χ1) is 15.1. The Bertz CT molecular complexity index is 1130. The molecule has 0 bridgehead atoms. The Morgan fingerprint density at radius 1 is 1.19 bits per heavy atom. The van der Waals surface area contributed by atoms with Crippen LogP contribution in [0.1, 0.15) is 49.7 Å². The summed E-state index contributed by atoms with van der Waals surface area (Å²) in [6.45, 7) is 0. The van der Waals surface area contributed by atoms with Gasteiger partial charge in [0.2, 0.25) is 5.70 Å². The molecule has 1 heterocycles. The van der Waals surface area contributed by atoms with Crippen LogP contribution in [0.2, 0.25) is 0 Å². The Kier molecular flexibility index (Phi) is 5.29. The Morgan fingerprint density at radius 3 is 2.41 bits per heavy atom. The summed E-state index contributed by atoms with van der Waals surface area (Å²) in [6, 6.07) is 4.61. The van der Waals surface area contributed by atoms with Crippen molar-refractivity contribution in [3.8, 4) is 6.07 Å². The molecule has 1 aromatic carbocycles. The Labute approximate surface area is 186 Å². The van der Waals surface area contributed by atoms with Gasteiger partial charge < -0.3 is 4.90 Å². The fourth-order valence-electron chi connectivity index (χ4n) is 4.65. The highest BCUT2D eigenvalue weighted by Gasteiger charge is 2.58. The molecule has 2 fully saturated rings. The van der Waals surface area contributed by atoms with Crippen LogP contribution in [-0.2, 0) is 11.0 Å². The van der Waals surface area contributed by atoms with Crippen LogP contribution in [0.4, 0.5) is 18.9 Å². The number of alkyl halides is 3. The van der Waals surface area contributed by atoms with E-state index >= 15 is 0 Å². The molecule has 0 radical (unpaired) electrons. The SMILES string of the molecule is N#Cc1ccc(N2C(=O)C3(CCCC3)N(C3=CC=C([N+](=O)[O-])CC3)C2=S)cc1C(F)(F)F. The minimum Gasteiger partial charge on any atom is -0.307 e. The molecule has 3 aliphatic rings. The molecule has 2 aliphatic carbocycles. The van der Waals surface area contributed by atoms with Gasteiger partial charge in [-0.15, -0.1) is 0 Å². The average Bonchev–Trinajstić information content (AvgIpc) is 3.31. The molecular weight excluding hydrogens is 445 g/mol. The van der Waals surface area contributed by atoms with E-state index in [1.165, 1.54) is 18.2 Å². The van der Waals surface area contributed by atoms with E-state index in [2.05, 4.69) is 0 Å². The number of allylic oxidation sites excluding steroid dienone is 4. The Balaban J connectivity index is 1.80. The van der Waals surface area contributed by atoms with Crippen molar-refractivity contribution in [3.05, 3.63) is 63.0 Å². The molecule has 32 heavy (non-hydrogen) atoms. The molecule has 0 unspecified atom stereocenters. The van der Waals surface area contributed by atoms with Crippen LogP contribution < -0.4 is 4.90 Å². The van der Waals surface area contributed by atoms with Crippen LogP contribution in [0.15, 0.2) is 41.7 Å². The second-order valence-corrected chi connectivity index (χ2v) is 8.27. The molecule has 7 nitrogen and oxygen atoms in total. The van der Waals surface area contributed by atoms with Gasteiger partial charge in [0.25, 0.3) is 5.91 Å². The van der Waals surface area contributed by atoms with Gasteiger partial charge in [-0.05, 0) is 55.8 Å². The lowest BCUT2D eigenvalue weighted by Crippen LogP contribution is -2.47. The number of hydrogen-bond acceptors (Lipinski definition) is 5. The molecule has 1 spiro atoms. The largest absolute Gasteiger partial charge is 0.417 e. The number of halogens is 3. The minimum absolute atomic E-state index is 0.0407. The summed E-state index contributed by atoms with van der Waals surface area (Å²) in [5, 5.41) is 20.1. The lowest BCUT2D eigenvalue weighted by atomic mass is 9.93. The van der Waals surface area contributed by atoms with Gasteiger partial charge in [-0.1, -0.05) is 12.8 Å². The fraction of sp³-hybridized carbons (Fsp3) is 0.381. The number of amides is 1. The van der Waals surface area contributed by atoms with Gasteiger partial charge in [-0.25, -0.2) is 0 Å². The van der Waals surface area contributed by atoms with Crippen molar-refractivity contribution < 1.29 is 22.9 Å². The summed E-state index contributed by atoms with van der Waals surface area (Å²) in [7, 11) is 0. The van der Waals surface area contributed by atoms with E-state index in [-0.39, 0.29) is 29.3 Å². The first-order valence-electron chi connectivity index (χ1n) is 9.94. The van der Waals surface area contributed by atoms with Crippen molar-refractivity contribution >= 4 is 28.9 Å². The summed E-state index contributed by atoms with van der Waals surface area (Å²) >= 11 is 5.58. The maximum absolute atomic E-state index is 13.6. The second-order valence-electron chi connectivity index (χ2n) is 7.91. The summed E-state index contributed by atoms with van der Waals surface area (Å²) in [4.78, 5) is 26.9. The van der Waals surface area contributed by atoms with Crippen LogP contribution >= 0.6 is 12.2 Å². The first kappa shape index (κ1) is 22.0. The molecule has 0 aromatic heterocycles. The molecule has 1 amide bonds. The van der Waals surface area contributed by atoms with E-state index in [0.717, 1.165) is 29.9 Å². The number of carbonyl (C=O) groups excluding carboxylic acids is 1. The van der Waals surface area contributed by atoms with Crippen LogP contribution in [0.3, 0.4) is 0 Å². The third-order valence-corrected chi connectivity index (χ3v) is 6.52. The highest BCUT2D eigenvalue weighted by atomic mass is 32.1. The Hall–Kier alpha value is -3.26. The van der Waals surface area contributed by atoms with Gasteiger partial charge in [0, 0.05) is 18.2 Å². The molecule has 1 saturated carbocycles. The predicted octanol–water partition coefficient (Wildman–Crippen LogP) is 4.66. The number of anilines is 1. The molecule has 1 aliphatic heterocycles. The van der Waals surface area contributed by atoms with Crippen LogP contribution in [0, 0.1) is 21.4 Å². The molecular formula is C21H17F3N4O3S. The fourth-order valence-corrected chi connectivity index (χ4v) is 5.13. The number of hydrogen-bond donors (Lipinski definition) is 0. The number of carbonyl (C=O) groups is 1. The van der Waals surface area contributed by atoms with E-state index in [1.807, 2.05) is 0 Å². The van der Waals surface area contributed by atoms with Gasteiger partial charge >= 0.3 is 6.18 Å². The second kappa shape index (κ2) is 7.70. The number of nitrogens with zero attached hydrogens (tertiary/aromatic N) is 4. The smallest absolute Gasteiger partial charge is 0.307 e. The molecule has 166 valence electrons. The van der Waals surface area contributed by atoms with Gasteiger partial charge in [-0.3, -0.25) is 19.8 Å². The van der Waals surface area contributed by atoms with Gasteiger partial charge in [-0.2, -0.15) is 18.4 Å². The summed E-state index contributed by atoms with van der Waals surface area (Å²) in [5.74, 6) is -0.414. The van der Waals surface area contributed by atoms with Gasteiger partial charge in [0.15, 0.2) is 5.11 Å². The van der Waals surface area contributed by atoms with Crippen LogP contribution in [0.5, 0.6) is 0 Å². The zero-order valence-corrected chi connectivity index (χ0v) is 17.5. The number of benzene rings is 1. The van der Waals surface area contributed by atoms with Crippen molar-refractivity contribution in [2.24, 2.45) is 0 Å². The van der Waals surface area contributed by atoms with Gasteiger partial charge in [0.05, 0.1) is 27.8 Å². The highest BCUT2D eigenvalue weighted by molar-refractivity contribution is 7.80. The minimum atomic E-state index is -4.77. The zero-order valence-electron chi connectivity index (χ0n) is 16.7. The van der Waals surface area contributed by atoms with E-state index in [9.17, 15) is 28.1 Å². The number of nitriles is 1. The highest BCUT2D eigenvalue weighted by Crippen LogP contribution is 2.47. The zero-order chi connectivity index (χ0) is 23.3. The van der Waals surface area contributed by atoms with Crippen molar-refractivity contribution in [2.45, 2.75) is 50.2 Å². The third-order valence-electron chi connectivity index (χ3n) is 6.16. The van der Waals surface area contributed by atoms with Crippen LogP contribution in [-0.4, -0.2) is 26.4 Å². The summed E-state index contributed by atoms with van der Waals surface area (Å²) < 4.78 is 40.5. The van der Waals surface area contributed by atoms with Crippen molar-refractivity contribution in [1.29, 1.82) is 5.26 Å². The Morgan fingerprint density at radius 2 is 1.88 bits per heavy atom. The average molecular weight is 462 g/mol. The normalized spacial score (nSPS) is 20.4. The number of rotatable bonds is 3. The molecule has 0 atom stereocenters. The molecule has 1 saturated heterocycles. The van der Waals surface area contributed by atoms with Gasteiger partial charge in [0.1, 0.15) is 5.54 Å². The first-order valence-corrected chi connectivity index (χ1v) is 10.4. The predicted molar refractivity (Wildman–Crippen MR) is 112 cm³/mol. The molecule has 1 aromatic rings. The standard InChI is InChI=1S/C21H17F3N4O3S/c22-21(23,24)17-11-16(4-3-13(17)12-25)26-18(29)20(9-1-2-10-20)27(19(26)32)14-5-7-15(8-6-14)28(30)31/h3-5,7,11H,1-2,6,8-10H2. The monoisotopic (exact) mass is 462 g/mol. The molecule has 0 N–H and O–H groups in total. The maximum atomic E-state index is 13.6. The van der Waals surface area contributed by atoms with E-state index in [0.29, 0.717) is 18.5 Å². The van der Waals surface area contributed by atoms with E-state index in [1.54, 1.807) is 11.0 Å². The lowest BCUT2D eigenvalue weighted by molar-refractivity contribution is -0.428. The number of thiocarbonyl (C=S) groups is 1. The number of nitro groups is 1.